The van der Waals surface area contributed by atoms with E-state index in [-0.39, 0.29) is 0 Å². The molecule has 0 saturated carbocycles. The van der Waals surface area contributed by atoms with Crippen LogP contribution < -0.4 is 5.32 Å². The molecule has 1 N–H and O–H groups in total. The van der Waals surface area contributed by atoms with E-state index in [4.69, 9.17) is 0 Å². The molecule has 0 unspecified atom stereocenters. The summed E-state index contributed by atoms with van der Waals surface area (Å²) in [4.78, 5) is 11.1. The average Bonchev–Trinajstić information content (AvgIpc) is 2.89. The molecule has 0 saturated heterocycles. The van der Waals surface area contributed by atoms with Crippen molar-refractivity contribution in [3.05, 3.63) is 40.5 Å². The molecular weight excluding hydrogens is 256 g/mol. The molecular formula is C14H20N4S. The van der Waals surface area contributed by atoms with Gasteiger partial charge in [0.05, 0.1) is 16.9 Å². The van der Waals surface area contributed by atoms with E-state index in [1.165, 1.54) is 0 Å². The van der Waals surface area contributed by atoms with E-state index in [1.54, 1.807) is 11.3 Å². The second-order valence-electron chi connectivity index (χ2n) is 4.59. The lowest BCUT2D eigenvalue weighted by molar-refractivity contribution is 0.312. The van der Waals surface area contributed by atoms with Crippen molar-refractivity contribution in [2.24, 2.45) is 0 Å². The quantitative estimate of drug-likeness (QED) is 0.844. The van der Waals surface area contributed by atoms with Crippen molar-refractivity contribution in [3.8, 4) is 0 Å². The third-order valence-electron chi connectivity index (χ3n) is 2.71. The maximum absolute atomic E-state index is 4.61. The third kappa shape index (κ3) is 4.61. The summed E-state index contributed by atoms with van der Waals surface area (Å²) in [5.74, 6) is 0.960. The van der Waals surface area contributed by atoms with Gasteiger partial charge in [0.15, 0.2) is 0 Å². The van der Waals surface area contributed by atoms with Gasteiger partial charge in [0.2, 0.25) is 0 Å². The summed E-state index contributed by atoms with van der Waals surface area (Å²) < 4.78 is 0. The standard InChI is InChI=1S/C14H20N4S/c1-3-7-15-14-6-4-5-12(17-14)8-18(2)9-13-10-19-11-16-13/h4-6,10-11H,3,7-9H2,1-2H3,(H,15,17). The first-order valence-corrected chi connectivity index (χ1v) is 7.47. The van der Waals surface area contributed by atoms with E-state index >= 15 is 0 Å². The van der Waals surface area contributed by atoms with Crippen LogP contribution in [0, 0.1) is 0 Å². The highest BCUT2D eigenvalue weighted by Gasteiger charge is 2.04. The number of thiazole rings is 1. The molecule has 4 nitrogen and oxygen atoms in total. The van der Waals surface area contributed by atoms with Gasteiger partial charge < -0.3 is 5.32 Å². The van der Waals surface area contributed by atoms with E-state index < -0.39 is 0 Å². The van der Waals surface area contributed by atoms with Crippen LogP contribution in [0.4, 0.5) is 5.82 Å². The van der Waals surface area contributed by atoms with Gasteiger partial charge in [-0.2, -0.15) is 0 Å². The number of nitrogens with one attached hydrogen (secondary N) is 1. The monoisotopic (exact) mass is 276 g/mol. The van der Waals surface area contributed by atoms with Crippen LogP contribution in [-0.4, -0.2) is 28.5 Å². The van der Waals surface area contributed by atoms with Gasteiger partial charge in [-0.3, -0.25) is 4.90 Å². The molecule has 0 spiro atoms. The first-order chi connectivity index (χ1) is 9.28. The van der Waals surface area contributed by atoms with Gasteiger partial charge in [-0.05, 0) is 25.6 Å². The molecule has 0 fully saturated rings. The van der Waals surface area contributed by atoms with E-state index in [2.05, 4.69) is 51.7 Å². The second kappa shape index (κ2) is 7.21. The van der Waals surface area contributed by atoms with Crippen molar-refractivity contribution < 1.29 is 0 Å². The Kier molecular flexibility index (Phi) is 5.30. The van der Waals surface area contributed by atoms with Crippen molar-refractivity contribution in [2.75, 3.05) is 18.9 Å². The molecule has 0 atom stereocenters. The number of hydrogen-bond donors (Lipinski definition) is 1. The molecule has 2 heterocycles. The number of anilines is 1. The molecule has 102 valence electrons. The Balaban J connectivity index is 1.90. The minimum absolute atomic E-state index is 0.833. The zero-order chi connectivity index (χ0) is 13.5. The fourth-order valence-electron chi connectivity index (χ4n) is 1.84. The Morgan fingerprint density at radius 3 is 2.84 bits per heavy atom. The lowest BCUT2D eigenvalue weighted by Gasteiger charge is -2.15. The molecule has 0 radical (unpaired) electrons. The van der Waals surface area contributed by atoms with Crippen molar-refractivity contribution in [1.82, 2.24) is 14.9 Å². The van der Waals surface area contributed by atoms with Crippen LogP contribution in [0.2, 0.25) is 0 Å². The molecule has 0 aliphatic rings. The number of nitrogens with zero attached hydrogens (tertiary/aromatic N) is 3. The molecule has 0 aliphatic carbocycles. The van der Waals surface area contributed by atoms with Crippen LogP contribution >= 0.6 is 11.3 Å². The van der Waals surface area contributed by atoms with Crippen molar-refractivity contribution in [3.63, 3.8) is 0 Å². The Bertz CT molecular complexity index is 484. The Hall–Kier alpha value is -1.46. The lowest BCUT2D eigenvalue weighted by Crippen LogP contribution is -2.18. The Labute approximate surface area is 118 Å². The van der Waals surface area contributed by atoms with Gasteiger partial charge in [0, 0.05) is 25.0 Å². The SMILES string of the molecule is CCCNc1cccc(CN(C)Cc2cscn2)n1. The van der Waals surface area contributed by atoms with E-state index in [0.29, 0.717) is 0 Å². The van der Waals surface area contributed by atoms with Gasteiger partial charge in [-0.25, -0.2) is 9.97 Å². The van der Waals surface area contributed by atoms with Crippen LogP contribution in [-0.2, 0) is 13.1 Å². The summed E-state index contributed by atoms with van der Waals surface area (Å²) >= 11 is 1.64. The van der Waals surface area contributed by atoms with Gasteiger partial charge in [0.1, 0.15) is 5.82 Å². The number of aromatic nitrogens is 2. The summed E-state index contributed by atoms with van der Waals surface area (Å²) in [5.41, 5.74) is 4.07. The fourth-order valence-corrected chi connectivity index (χ4v) is 2.39. The Morgan fingerprint density at radius 1 is 1.26 bits per heavy atom. The highest BCUT2D eigenvalue weighted by Crippen LogP contribution is 2.09. The highest BCUT2D eigenvalue weighted by molar-refractivity contribution is 7.07. The molecule has 0 aromatic carbocycles. The van der Waals surface area contributed by atoms with Gasteiger partial charge in [0.25, 0.3) is 0 Å². The first kappa shape index (κ1) is 14.0. The van der Waals surface area contributed by atoms with Gasteiger partial charge in [-0.1, -0.05) is 13.0 Å². The van der Waals surface area contributed by atoms with Crippen LogP contribution in [0.15, 0.2) is 29.1 Å². The van der Waals surface area contributed by atoms with Crippen molar-refractivity contribution >= 4 is 17.2 Å². The summed E-state index contributed by atoms with van der Waals surface area (Å²) in [6.07, 6.45) is 1.11. The fraction of sp³-hybridized carbons (Fsp3) is 0.429. The van der Waals surface area contributed by atoms with Crippen molar-refractivity contribution in [2.45, 2.75) is 26.4 Å². The van der Waals surface area contributed by atoms with E-state index in [1.807, 2.05) is 11.6 Å². The van der Waals surface area contributed by atoms with Crippen LogP contribution in [0.5, 0.6) is 0 Å². The predicted molar refractivity (Wildman–Crippen MR) is 80.3 cm³/mol. The molecule has 2 aromatic heterocycles. The molecule has 2 aromatic rings. The van der Waals surface area contributed by atoms with E-state index in [0.717, 1.165) is 43.3 Å². The number of pyridine rings is 1. The summed E-state index contributed by atoms with van der Waals surface area (Å²) in [7, 11) is 2.09. The number of rotatable bonds is 7. The molecule has 5 heteroatoms. The van der Waals surface area contributed by atoms with Crippen LogP contribution in [0.1, 0.15) is 24.7 Å². The summed E-state index contributed by atoms with van der Waals surface area (Å²) in [6, 6.07) is 6.13. The zero-order valence-corrected chi connectivity index (χ0v) is 12.3. The minimum Gasteiger partial charge on any atom is -0.370 e. The van der Waals surface area contributed by atoms with Gasteiger partial charge >= 0.3 is 0 Å². The summed E-state index contributed by atoms with van der Waals surface area (Å²) in [6.45, 7) is 4.81. The van der Waals surface area contributed by atoms with Crippen LogP contribution in [0.3, 0.4) is 0 Å². The third-order valence-corrected chi connectivity index (χ3v) is 3.35. The topological polar surface area (TPSA) is 41.0 Å². The molecule has 0 amide bonds. The maximum Gasteiger partial charge on any atom is 0.126 e. The Morgan fingerprint density at radius 2 is 2.11 bits per heavy atom. The zero-order valence-electron chi connectivity index (χ0n) is 11.5. The normalized spacial score (nSPS) is 10.9. The average molecular weight is 276 g/mol. The van der Waals surface area contributed by atoms with Crippen LogP contribution in [0.25, 0.3) is 0 Å². The highest BCUT2D eigenvalue weighted by atomic mass is 32.1. The lowest BCUT2D eigenvalue weighted by atomic mass is 10.3. The van der Waals surface area contributed by atoms with Crippen molar-refractivity contribution in [1.29, 1.82) is 0 Å². The second-order valence-corrected chi connectivity index (χ2v) is 5.31. The minimum atomic E-state index is 0.833. The first-order valence-electron chi connectivity index (χ1n) is 6.53. The molecule has 2 rings (SSSR count). The molecule has 0 aliphatic heterocycles. The largest absolute Gasteiger partial charge is 0.370 e. The summed E-state index contributed by atoms with van der Waals surface area (Å²) in [5, 5.41) is 5.40. The maximum atomic E-state index is 4.61. The molecule has 19 heavy (non-hydrogen) atoms. The number of hydrogen-bond acceptors (Lipinski definition) is 5. The van der Waals surface area contributed by atoms with Gasteiger partial charge in [-0.15, -0.1) is 11.3 Å². The predicted octanol–water partition coefficient (Wildman–Crippen LogP) is 2.99. The van der Waals surface area contributed by atoms with E-state index in [9.17, 15) is 0 Å². The smallest absolute Gasteiger partial charge is 0.126 e. The molecule has 0 bridgehead atoms.